The van der Waals surface area contributed by atoms with E-state index < -0.39 is 21.6 Å². The number of carbonyl (C=O) groups excluding carboxylic acids is 1. The largest absolute Gasteiger partial charge is 0.490 e. The van der Waals surface area contributed by atoms with Crippen molar-refractivity contribution >= 4 is 37.7 Å². The number of thiophene rings is 1. The number of hydrogen-bond acceptors (Lipinski definition) is 7. The van der Waals surface area contributed by atoms with E-state index in [0.717, 1.165) is 16.5 Å². The number of hydrogen-bond donors (Lipinski definition) is 1. The topological polar surface area (TPSA) is 93.1 Å². The Bertz CT molecular complexity index is 1160. The maximum absolute atomic E-state index is 12.9. The molecular formula is C21H21NO6S2. The molecule has 1 unspecified atom stereocenters. The van der Waals surface area contributed by atoms with Gasteiger partial charge in [-0.05, 0) is 52.2 Å². The van der Waals surface area contributed by atoms with Gasteiger partial charge in [-0.15, -0.1) is 11.3 Å². The number of ether oxygens (including phenoxy) is 2. The van der Waals surface area contributed by atoms with Crippen LogP contribution in [-0.4, -0.2) is 44.1 Å². The van der Waals surface area contributed by atoms with Gasteiger partial charge in [0.2, 0.25) is 6.41 Å². The molecule has 0 saturated heterocycles. The van der Waals surface area contributed by atoms with Crippen molar-refractivity contribution in [3.63, 3.8) is 0 Å². The molecule has 0 bridgehead atoms. The number of rotatable bonds is 7. The van der Waals surface area contributed by atoms with Crippen molar-refractivity contribution < 1.29 is 27.9 Å². The highest BCUT2D eigenvalue weighted by Crippen LogP contribution is 2.34. The molecule has 2 aromatic carbocycles. The van der Waals surface area contributed by atoms with Crippen LogP contribution in [0.5, 0.6) is 11.5 Å². The minimum Gasteiger partial charge on any atom is -0.490 e. The van der Waals surface area contributed by atoms with Crippen LogP contribution in [0.15, 0.2) is 47.8 Å². The Balaban J connectivity index is 1.59. The van der Waals surface area contributed by atoms with Crippen molar-refractivity contribution in [1.82, 2.24) is 5.06 Å². The fourth-order valence-electron chi connectivity index (χ4n) is 3.45. The van der Waals surface area contributed by atoms with Gasteiger partial charge >= 0.3 is 0 Å². The van der Waals surface area contributed by atoms with Crippen molar-refractivity contribution in [3.05, 3.63) is 59.0 Å². The maximum atomic E-state index is 12.9. The molecule has 4 rings (SSSR count). The first kappa shape index (κ1) is 20.6. The summed E-state index contributed by atoms with van der Waals surface area (Å²) >= 11 is 1.59. The van der Waals surface area contributed by atoms with Crippen LogP contribution in [0.3, 0.4) is 0 Å². The molecule has 1 aromatic heterocycles. The predicted molar refractivity (Wildman–Crippen MR) is 114 cm³/mol. The van der Waals surface area contributed by atoms with E-state index in [1.165, 1.54) is 0 Å². The van der Waals surface area contributed by atoms with Crippen LogP contribution in [-0.2, 0) is 20.4 Å². The summed E-state index contributed by atoms with van der Waals surface area (Å²) in [6, 6.07) is 11.3. The smallest absolute Gasteiger partial charge is 0.233 e. The predicted octanol–water partition coefficient (Wildman–Crippen LogP) is 3.57. The number of hydroxylamine groups is 2. The monoisotopic (exact) mass is 447 g/mol. The molecule has 1 amide bonds. The van der Waals surface area contributed by atoms with E-state index in [-0.39, 0.29) is 12.2 Å². The summed E-state index contributed by atoms with van der Waals surface area (Å²) in [6.45, 7) is 1.00. The lowest BCUT2D eigenvalue weighted by atomic mass is 10.1. The number of nitrogens with zero attached hydrogens (tertiary/aromatic N) is 1. The fourth-order valence-corrected chi connectivity index (χ4v) is 5.85. The molecule has 1 N–H and O–H groups in total. The van der Waals surface area contributed by atoms with E-state index in [2.05, 4.69) is 0 Å². The van der Waals surface area contributed by atoms with E-state index in [1.54, 1.807) is 35.6 Å². The van der Waals surface area contributed by atoms with Crippen LogP contribution in [0.4, 0.5) is 0 Å². The zero-order valence-corrected chi connectivity index (χ0v) is 17.7. The van der Waals surface area contributed by atoms with Crippen LogP contribution >= 0.6 is 11.3 Å². The normalized spacial score (nSPS) is 14.8. The maximum Gasteiger partial charge on any atom is 0.233 e. The zero-order chi connectivity index (χ0) is 21.1. The first-order valence-corrected chi connectivity index (χ1v) is 12.1. The standard InChI is InChI=1S/C21H21NO6S2/c23-14-22(24)18(16-3-4-19-20(11-16)28-8-1-7-27-19)13-30(25,26)12-15-2-5-21-17(10-15)6-9-29-21/h2-6,9-11,14,18,24H,1,7-8,12-13H2. The van der Waals surface area contributed by atoms with Crippen LogP contribution in [0.25, 0.3) is 10.1 Å². The quantitative estimate of drug-likeness (QED) is 0.338. The third-order valence-corrected chi connectivity index (χ3v) is 7.39. The lowest BCUT2D eigenvalue weighted by molar-refractivity contribution is -0.158. The van der Waals surface area contributed by atoms with Gasteiger partial charge in [0.25, 0.3) is 0 Å². The average Bonchev–Trinajstić information content (AvgIpc) is 3.06. The molecule has 0 saturated carbocycles. The van der Waals surface area contributed by atoms with Crippen LogP contribution in [0.2, 0.25) is 0 Å². The first-order chi connectivity index (χ1) is 14.4. The molecule has 0 fully saturated rings. The number of carbonyl (C=O) groups is 1. The Morgan fingerprint density at radius 2 is 1.90 bits per heavy atom. The molecule has 30 heavy (non-hydrogen) atoms. The Hall–Kier alpha value is -2.62. The van der Waals surface area contributed by atoms with E-state index in [4.69, 9.17) is 9.47 Å². The van der Waals surface area contributed by atoms with Gasteiger partial charge in [0.05, 0.1) is 30.8 Å². The van der Waals surface area contributed by atoms with Crippen LogP contribution in [0.1, 0.15) is 23.6 Å². The van der Waals surface area contributed by atoms with Crippen molar-refractivity contribution in [3.8, 4) is 11.5 Å². The van der Waals surface area contributed by atoms with E-state index in [1.807, 2.05) is 23.6 Å². The Labute approximate surface area is 178 Å². The summed E-state index contributed by atoms with van der Waals surface area (Å²) in [7, 11) is -3.65. The van der Waals surface area contributed by atoms with E-state index in [0.29, 0.717) is 40.9 Å². The fraction of sp³-hybridized carbons (Fsp3) is 0.286. The summed E-state index contributed by atoms with van der Waals surface area (Å²) in [5.74, 6) is 0.405. The van der Waals surface area contributed by atoms with Gasteiger partial charge in [0.1, 0.15) is 0 Å². The third kappa shape index (κ3) is 4.58. The molecule has 1 aliphatic heterocycles. The molecule has 9 heteroatoms. The molecule has 0 aliphatic carbocycles. The summed E-state index contributed by atoms with van der Waals surface area (Å²) in [5, 5.41) is 13.4. The van der Waals surface area contributed by atoms with Gasteiger partial charge in [-0.3, -0.25) is 10.0 Å². The summed E-state index contributed by atoms with van der Waals surface area (Å²) in [6.07, 6.45) is 0.942. The van der Waals surface area contributed by atoms with Crippen molar-refractivity contribution in [1.29, 1.82) is 0 Å². The lowest BCUT2D eigenvalue weighted by Gasteiger charge is -2.23. The molecule has 0 radical (unpaired) electrons. The van der Waals surface area contributed by atoms with Gasteiger partial charge in [0, 0.05) is 11.1 Å². The van der Waals surface area contributed by atoms with Crippen molar-refractivity contribution in [2.75, 3.05) is 19.0 Å². The molecule has 1 aliphatic rings. The summed E-state index contributed by atoms with van der Waals surface area (Å²) in [5.41, 5.74) is 1.11. The second kappa shape index (κ2) is 8.63. The molecule has 1 atom stereocenters. The third-order valence-electron chi connectivity index (χ3n) is 4.90. The molecular weight excluding hydrogens is 426 g/mol. The van der Waals surface area contributed by atoms with Crippen LogP contribution in [0, 0.1) is 0 Å². The molecule has 158 valence electrons. The first-order valence-electron chi connectivity index (χ1n) is 9.44. The van der Waals surface area contributed by atoms with E-state index in [9.17, 15) is 18.4 Å². The second-order valence-electron chi connectivity index (χ2n) is 7.11. The highest BCUT2D eigenvalue weighted by molar-refractivity contribution is 7.90. The highest BCUT2D eigenvalue weighted by Gasteiger charge is 2.27. The van der Waals surface area contributed by atoms with Gasteiger partial charge in [0.15, 0.2) is 21.3 Å². The Morgan fingerprint density at radius 3 is 2.70 bits per heavy atom. The van der Waals surface area contributed by atoms with Gasteiger partial charge < -0.3 is 9.47 Å². The SMILES string of the molecule is O=CN(O)C(CS(=O)(=O)Cc1ccc2sccc2c1)c1ccc2c(c1)OCCCO2. The molecule has 7 nitrogen and oxygen atoms in total. The highest BCUT2D eigenvalue weighted by atomic mass is 32.2. The van der Waals surface area contributed by atoms with Crippen LogP contribution < -0.4 is 9.47 Å². The van der Waals surface area contributed by atoms with E-state index >= 15 is 0 Å². The molecule has 3 aromatic rings. The van der Waals surface area contributed by atoms with Crippen molar-refractivity contribution in [2.24, 2.45) is 0 Å². The number of amides is 1. The summed E-state index contributed by atoms with van der Waals surface area (Å²) in [4.78, 5) is 11.3. The summed E-state index contributed by atoms with van der Waals surface area (Å²) < 4.78 is 38.2. The number of benzene rings is 2. The number of sulfone groups is 1. The van der Waals surface area contributed by atoms with Crippen molar-refractivity contribution in [2.45, 2.75) is 18.2 Å². The molecule has 0 spiro atoms. The molecule has 2 heterocycles. The number of fused-ring (bicyclic) bond motifs is 2. The minimum atomic E-state index is -3.65. The average molecular weight is 448 g/mol. The Kier molecular flexibility index (Phi) is 5.94. The van der Waals surface area contributed by atoms with Gasteiger partial charge in [-0.2, -0.15) is 0 Å². The minimum absolute atomic E-state index is 0.188. The zero-order valence-electron chi connectivity index (χ0n) is 16.1. The lowest BCUT2D eigenvalue weighted by Crippen LogP contribution is -2.30. The van der Waals surface area contributed by atoms with Gasteiger partial charge in [-0.25, -0.2) is 13.5 Å². The van der Waals surface area contributed by atoms with Gasteiger partial charge in [-0.1, -0.05) is 12.1 Å². The second-order valence-corrected chi connectivity index (χ2v) is 10.2. The Morgan fingerprint density at radius 1 is 1.10 bits per heavy atom.